The molecule has 4 nitrogen and oxygen atoms in total. The lowest BCUT2D eigenvalue weighted by molar-refractivity contribution is 0.190. The highest BCUT2D eigenvalue weighted by atomic mass is 35.5. The lowest BCUT2D eigenvalue weighted by atomic mass is 10.3. The van der Waals surface area contributed by atoms with Crippen LogP contribution in [0.15, 0.2) is 0 Å². The molecule has 1 aromatic heterocycles. The van der Waals surface area contributed by atoms with Crippen LogP contribution in [-0.2, 0) is 11.3 Å². The Bertz CT molecular complexity index is 309. The van der Waals surface area contributed by atoms with Gasteiger partial charge in [-0.15, -0.1) is 10.2 Å². The minimum atomic E-state index is 0.503. The quantitative estimate of drug-likeness (QED) is 0.704. The van der Waals surface area contributed by atoms with E-state index in [1.54, 1.807) is 7.11 Å². The zero-order valence-electron chi connectivity index (χ0n) is 8.24. The van der Waals surface area contributed by atoms with Gasteiger partial charge in [0.2, 0.25) is 5.28 Å². The summed E-state index contributed by atoms with van der Waals surface area (Å²) in [7, 11) is 1.70. The molecule has 1 aliphatic carbocycles. The first kappa shape index (κ1) is 9.93. The Labute approximate surface area is 88.2 Å². The Balaban J connectivity index is 2.02. The maximum absolute atomic E-state index is 5.94. The van der Waals surface area contributed by atoms with Crippen LogP contribution in [0.1, 0.15) is 31.0 Å². The number of rotatable bonds is 5. The van der Waals surface area contributed by atoms with Gasteiger partial charge in [0.25, 0.3) is 0 Å². The van der Waals surface area contributed by atoms with E-state index < -0.39 is 0 Å². The molecule has 0 radical (unpaired) electrons. The van der Waals surface area contributed by atoms with Crippen LogP contribution in [0.5, 0.6) is 0 Å². The van der Waals surface area contributed by atoms with Crippen molar-refractivity contribution in [3.05, 3.63) is 11.1 Å². The topological polar surface area (TPSA) is 39.9 Å². The van der Waals surface area contributed by atoms with Crippen molar-refractivity contribution in [2.24, 2.45) is 0 Å². The normalized spacial score (nSPS) is 16.1. The predicted molar refractivity (Wildman–Crippen MR) is 53.5 cm³/mol. The van der Waals surface area contributed by atoms with Crippen molar-refractivity contribution in [2.75, 3.05) is 13.7 Å². The third-order valence-corrected chi connectivity index (χ3v) is 2.69. The highest BCUT2D eigenvalue weighted by molar-refractivity contribution is 6.28. The third-order valence-electron chi connectivity index (χ3n) is 2.41. The summed E-state index contributed by atoms with van der Waals surface area (Å²) in [6, 6.07) is 0. The summed E-state index contributed by atoms with van der Waals surface area (Å²) in [4.78, 5) is 0. The predicted octanol–water partition coefficient (Wildman–Crippen LogP) is 1.85. The minimum Gasteiger partial charge on any atom is -0.385 e. The van der Waals surface area contributed by atoms with Crippen molar-refractivity contribution < 1.29 is 4.74 Å². The smallest absolute Gasteiger partial charge is 0.225 e. The van der Waals surface area contributed by atoms with Crippen molar-refractivity contribution in [2.45, 2.75) is 31.7 Å². The average molecular weight is 216 g/mol. The molecule has 78 valence electrons. The molecule has 0 spiro atoms. The molecule has 0 atom stereocenters. The van der Waals surface area contributed by atoms with Gasteiger partial charge < -0.3 is 9.30 Å². The average Bonchev–Trinajstić information content (AvgIpc) is 2.95. The molecule has 0 unspecified atom stereocenters. The van der Waals surface area contributed by atoms with Gasteiger partial charge in [-0.1, -0.05) is 0 Å². The van der Waals surface area contributed by atoms with Crippen molar-refractivity contribution in [3.63, 3.8) is 0 Å². The number of hydrogen-bond acceptors (Lipinski definition) is 3. The molecular weight excluding hydrogens is 202 g/mol. The summed E-state index contributed by atoms with van der Waals surface area (Å²) < 4.78 is 7.00. The van der Waals surface area contributed by atoms with Gasteiger partial charge >= 0.3 is 0 Å². The van der Waals surface area contributed by atoms with E-state index >= 15 is 0 Å². The SMILES string of the molecule is COCCCn1c(Cl)nnc1C1CC1. The van der Waals surface area contributed by atoms with E-state index in [-0.39, 0.29) is 0 Å². The van der Waals surface area contributed by atoms with Crippen LogP contribution in [-0.4, -0.2) is 28.5 Å². The van der Waals surface area contributed by atoms with Crippen molar-refractivity contribution >= 4 is 11.6 Å². The van der Waals surface area contributed by atoms with Crippen LogP contribution in [0.4, 0.5) is 0 Å². The van der Waals surface area contributed by atoms with Gasteiger partial charge in [0.05, 0.1) is 0 Å². The Morgan fingerprint density at radius 1 is 1.50 bits per heavy atom. The molecule has 1 aliphatic rings. The molecule has 14 heavy (non-hydrogen) atoms. The number of nitrogens with zero attached hydrogens (tertiary/aromatic N) is 3. The molecule has 0 aromatic carbocycles. The zero-order chi connectivity index (χ0) is 9.97. The summed E-state index contributed by atoms with van der Waals surface area (Å²) in [6.45, 7) is 1.60. The molecule has 0 N–H and O–H groups in total. The molecule has 1 aromatic rings. The summed E-state index contributed by atoms with van der Waals surface area (Å²) in [6.07, 6.45) is 3.40. The van der Waals surface area contributed by atoms with Crippen LogP contribution in [0.25, 0.3) is 0 Å². The maximum Gasteiger partial charge on any atom is 0.225 e. The van der Waals surface area contributed by atoms with E-state index in [4.69, 9.17) is 16.3 Å². The summed E-state index contributed by atoms with van der Waals surface area (Å²) >= 11 is 5.94. The van der Waals surface area contributed by atoms with Crippen LogP contribution in [0.3, 0.4) is 0 Å². The highest BCUT2D eigenvalue weighted by Gasteiger charge is 2.29. The minimum absolute atomic E-state index is 0.503. The monoisotopic (exact) mass is 215 g/mol. The third kappa shape index (κ3) is 2.07. The molecule has 1 fully saturated rings. The maximum atomic E-state index is 5.94. The molecule has 0 aliphatic heterocycles. The van der Waals surface area contributed by atoms with E-state index in [0.29, 0.717) is 11.2 Å². The summed E-state index contributed by atoms with van der Waals surface area (Å²) in [5.41, 5.74) is 0. The van der Waals surface area contributed by atoms with Gasteiger partial charge in [-0.25, -0.2) is 0 Å². The van der Waals surface area contributed by atoms with E-state index in [1.807, 2.05) is 4.57 Å². The molecule has 0 saturated heterocycles. The Morgan fingerprint density at radius 2 is 2.29 bits per heavy atom. The second kappa shape index (κ2) is 4.28. The van der Waals surface area contributed by atoms with E-state index in [0.717, 1.165) is 25.4 Å². The molecular formula is C9H14ClN3O. The first-order valence-electron chi connectivity index (χ1n) is 4.90. The van der Waals surface area contributed by atoms with Crippen molar-refractivity contribution in [1.82, 2.24) is 14.8 Å². The molecule has 5 heteroatoms. The standard InChI is InChI=1S/C9H14ClN3O/c1-14-6-2-5-13-8(7-3-4-7)11-12-9(13)10/h7H,2-6H2,1H3. The Kier molecular flexibility index (Phi) is 3.03. The van der Waals surface area contributed by atoms with Gasteiger partial charge in [0.15, 0.2) is 0 Å². The van der Waals surface area contributed by atoms with Crippen LogP contribution >= 0.6 is 11.6 Å². The lowest BCUT2D eigenvalue weighted by Gasteiger charge is -2.05. The first-order chi connectivity index (χ1) is 6.83. The summed E-state index contributed by atoms with van der Waals surface area (Å²) in [5.74, 6) is 1.64. The number of halogens is 1. The largest absolute Gasteiger partial charge is 0.385 e. The van der Waals surface area contributed by atoms with Gasteiger partial charge in [-0.2, -0.15) is 0 Å². The van der Waals surface area contributed by atoms with E-state index in [9.17, 15) is 0 Å². The lowest BCUT2D eigenvalue weighted by Crippen LogP contribution is -2.05. The van der Waals surface area contributed by atoms with Gasteiger partial charge in [-0.3, -0.25) is 0 Å². The van der Waals surface area contributed by atoms with Gasteiger partial charge in [0, 0.05) is 26.2 Å². The first-order valence-corrected chi connectivity index (χ1v) is 5.28. The van der Waals surface area contributed by atoms with E-state index in [1.165, 1.54) is 12.8 Å². The number of hydrogen-bond donors (Lipinski definition) is 0. The van der Waals surface area contributed by atoms with Crippen molar-refractivity contribution in [3.8, 4) is 0 Å². The molecule has 1 saturated carbocycles. The highest BCUT2D eigenvalue weighted by Crippen LogP contribution is 2.39. The fraction of sp³-hybridized carbons (Fsp3) is 0.778. The Morgan fingerprint density at radius 3 is 2.93 bits per heavy atom. The summed E-state index contributed by atoms with van der Waals surface area (Å²) in [5, 5.41) is 8.49. The Hall–Kier alpha value is -0.610. The second-order valence-electron chi connectivity index (χ2n) is 3.60. The van der Waals surface area contributed by atoms with Gasteiger partial charge in [0.1, 0.15) is 5.82 Å². The van der Waals surface area contributed by atoms with Crippen LogP contribution in [0, 0.1) is 0 Å². The zero-order valence-corrected chi connectivity index (χ0v) is 9.00. The number of methoxy groups -OCH3 is 1. The van der Waals surface area contributed by atoms with Crippen LogP contribution in [0.2, 0.25) is 5.28 Å². The van der Waals surface area contributed by atoms with E-state index in [2.05, 4.69) is 10.2 Å². The van der Waals surface area contributed by atoms with Gasteiger partial charge in [-0.05, 0) is 30.9 Å². The number of aromatic nitrogens is 3. The molecule has 0 bridgehead atoms. The molecule has 0 amide bonds. The molecule has 2 rings (SSSR count). The van der Waals surface area contributed by atoms with Crippen molar-refractivity contribution in [1.29, 1.82) is 0 Å². The second-order valence-corrected chi connectivity index (χ2v) is 3.94. The fourth-order valence-corrected chi connectivity index (χ4v) is 1.72. The number of ether oxygens (including phenoxy) is 1. The van der Waals surface area contributed by atoms with Crippen LogP contribution < -0.4 is 0 Å². The fourth-order valence-electron chi connectivity index (χ4n) is 1.51. The molecule has 1 heterocycles.